The maximum absolute atomic E-state index is 12.9. The van der Waals surface area contributed by atoms with Gasteiger partial charge in [-0.15, -0.1) is 0 Å². The molecule has 8 nitrogen and oxygen atoms in total. The van der Waals surface area contributed by atoms with Crippen LogP contribution in [0.5, 0.6) is 0 Å². The molecule has 170 valence electrons. The van der Waals surface area contributed by atoms with Crippen molar-refractivity contribution in [2.24, 2.45) is 0 Å². The highest BCUT2D eigenvalue weighted by Gasteiger charge is 2.27. The number of rotatable bonds is 6. The van der Waals surface area contributed by atoms with E-state index >= 15 is 0 Å². The zero-order valence-electron chi connectivity index (χ0n) is 17.6. The number of carboxylic acids is 1. The van der Waals surface area contributed by atoms with E-state index in [1.165, 1.54) is 40.7 Å². The number of sulfonamides is 1. The Morgan fingerprint density at radius 1 is 0.879 bits per heavy atom. The highest BCUT2D eigenvalue weighted by molar-refractivity contribution is 7.89. The van der Waals surface area contributed by atoms with Crippen molar-refractivity contribution in [2.45, 2.75) is 4.90 Å². The van der Waals surface area contributed by atoms with Crippen molar-refractivity contribution in [3.05, 3.63) is 83.9 Å². The number of benzene rings is 3. The summed E-state index contributed by atoms with van der Waals surface area (Å²) in [5.74, 6) is -1.80. The Hall–Kier alpha value is -3.53. The molecule has 3 aromatic rings. The van der Waals surface area contributed by atoms with Gasteiger partial charge in [0.2, 0.25) is 10.0 Å². The first-order chi connectivity index (χ1) is 15.9. The van der Waals surface area contributed by atoms with Gasteiger partial charge in [0.1, 0.15) is 0 Å². The Labute approximate surface area is 191 Å². The molecule has 0 atom stereocenters. The van der Waals surface area contributed by atoms with Crippen LogP contribution in [-0.4, -0.2) is 56.0 Å². The topological polar surface area (TPSA) is 113 Å². The van der Waals surface area contributed by atoms with Crippen LogP contribution < -0.4 is 5.32 Å². The smallest absolute Gasteiger partial charge is 0.337 e. The number of ether oxygens (including phenoxy) is 1. The summed E-state index contributed by atoms with van der Waals surface area (Å²) in [5, 5.41) is 12.3. The van der Waals surface area contributed by atoms with Gasteiger partial charge in [0.25, 0.3) is 5.91 Å². The highest BCUT2D eigenvalue weighted by Crippen LogP contribution is 2.26. The maximum atomic E-state index is 12.9. The number of amides is 1. The number of morpholine rings is 1. The van der Waals surface area contributed by atoms with Crippen LogP contribution in [-0.2, 0) is 14.8 Å². The number of carbonyl (C=O) groups excluding carboxylic acids is 1. The fourth-order valence-corrected chi connectivity index (χ4v) is 5.02. The number of aromatic carboxylic acids is 1. The predicted molar refractivity (Wildman–Crippen MR) is 123 cm³/mol. The molecule has 0 aliphatic carbocycles. The lowest BCUT2D eigenvalue weighted by molar-refractivity contribution is 0.0698. The van der Waals surface area contributed by atoms with Gasteiger partial charge < -0.3 is 15.2 Å². The van der Waals surface area contributed by atoms with Crippen LogP contribution in [0.3, 0.4) is 0 Å². The summed E-state index contributed by atoms with van der Waals surface area (Å²) in [4.78, 5) is 24.7. The molecule has 0 saturated carbocycles. The molecule has 3 aromatic carbocycles. The molecule has 0 radical (unpaired) electrons. The molecular weight excluding hydrogens is 444 g/mol. The lowest BCUT2D eigenvalue weighted by atomic mass is 10.0. The fourth-order valence-electron chi connectivity index (χ4n) is 3.57. The second kappa shape index (κ2) is 9.53. The van der Waals surface area contributed by atoms with Gasteiger partial charge in [-0.3, -0.25) is 4.79 Å². The van der Waals surface area contributed by atoms with Crippen molar-refractivity contribution in [3.8, 4) is 11.1 Å². The monoisotopic (exact) mass is 466 g/mol. The Morgan fingerprint density at radius 2 is 1.61 bits per heavy atom. The highest BCUT2D eigenvalue weighted by atomic mass is 32.2. The van der Waals surface area contributed by atoms with Crippen LogP contribution in [0, 0.1) is 0 Å². The van der Waals surface area contributed by atoms with Gasteiger partial charge in [-0.1, -0.05) is 42.5 Å². The standard InChI is InChI=1S/C24H22N2O6S/c27-23(19-7-4-8-20(15-19)33(30,31)26-11-13-32-14-12-26)25-22-10-9-18(16-21(22)24(28)29)17-5-2-1-3-6-17/h1-10,15-16H,11-14H2,(H,25,27)(H,28,29). The van der Waals surface area contributed by atoms with E-state index in [9.17, 15) is 23.1 Å². The van der Waals surface area contributed by atoms with Crippen LogP contribution in [0.25, 0.3) is 11.1 Å². The second-order valence-corrected chi connectivity index (χ2v) is 9.37. The fraction of sp³-hybridized carbons (Fsp3) is 0.167. The molecule has 2 N–H and O–H groups in total. The minimum absolute atomic E-state index is 0.00469. The van der Waals surface area contributed by atoms with E-state index in [4.69, 9.17) is 4.74 Å². The van der Waals surface area contributed by atoms with Crippen molar-refractivity contribution >= 4 is 27.6 Å². The molecule has 1 amide bonds. The van der Waals surface area contributed by atoms with Crippen molar-refractivity contribution in [1.29, 1.82) is 0 Å². The molecule has 0 unspecified atom stereocenters. The quantitative estimate of drug-likeness (QED) is 0.576. The molecular formula is C24H22N2O6S. The Morgan fingerprint density at radius 3 is 2.30 bits per heavy atom. The molecule has 1 heterocycles. The lowest BCUT2D eigenvalue weighted by Gasteiger charge is -2.26. The van der Waals surface area contributed by atoms with Crippen LogP contribution in [0.15, 0.2) is 77.7 Å². The number of nitrogens with one attached hydrogen (secondary N) is 1. The number of carboxylic acid groups (broad SMARTS) is 1. The number of hydrogen-bond acceptors (Lipinski definition) is 5. The molecule has 4 rings (SSSR count). The van der Waals surface area contributed by atoms with Gasteiger partial charge >= 0.3 is 5.97 Å². The van der Waals surface area contributed by atoms with E-state index < -0.39 is 21.9 Å². The minimum Gasteiger partial charge on any atom is -0.478 e. The summed E-state index contributed by atoms with van der Waals surface area (Å²) in [5.41, 5.74) is 1.70. The van der Waals surface area contributed by atoms with Gasteiger partial charge in [-0.2, -0.15) is 4.31 Å². The zero-order chi connectivity index (χ0) is 23.4. The van der Waals surface area contributed by atoms with Crippen LogP contribution in [0.4, 0.5) is 5.69 Å². The first-order valence-electron chi connectivity index (χ1n) is 10.3. The summed E-state index contributed by atoms with van der Waals surface area (Å²) in [6, 6.07) is 19.7. The molecule has 1 aliphatic heterocycles. The first kappa shape index (κ1) is 22.7. The largest absolute Gasteiger partial charge is 0.478 e. The first-order valence-corrected chi connectivity index (χ1v) is 11.7. The van der Waals surface area contributed by atoms with Crippen molar-refractivity contribution < 1.29 is 27.9 Å². The van der Waals surface area contributed by atoms with E-state index in [2.05, 4.69) is 5.32 Å². The number of carbonyl (C=O) groups is 2. The van der Waals surface area contributed by atoms with Gasteiger partial charge in [-0.25, -0.2) is 13.2 Å². The number of hydrogen-bond donors (Lipinski definition) is 2. The minimum atomic E-state index is -3.77. The normalized spacial score (nSPS) is 14.5. The zero-order valence-corrected chi connectivity index (χ0v) is 18.4. The Kier molecular flexibility index (Phi) is 6.55. The lowest BCUT2D eigenvalue weighted by Crippen LogP contribution is -2.40. The van der Waals surface area contributed by atoms with E-state index in [0.717, 1.165) is 5.56 Å². The molecule has 1 saturated heterocycles. The van der Waals surface area contributed by atoms with Crippen LogP contribution in [0.1, 0.15) is 20.7 Å². The summed E-state index contributed by atoms with van der Waals surface area (Å²) >= 11 is 0. The molecule has 0 aromatic heterocycles. The predicted octanol–water partition coefficient (Wildman–Crippen LogP) is 3.33. The Balaban J connectivity index is 1.60. The third-order valence-electron chi connectivity index (χ3n) is 5.31. The summed E-state index contributed by atoms with van der Waals surface area (Å²) < 4.78 is 32.3. The van der Waals surface area contributed by atoms with E-state index in [-0.39, 0.29) is 34.8 Å². The van der Waals surface area contributed by atoms with Crippen molar-refractivity contribution in [3.63, 3.8) is 0 Å². The van der Waals surface area contributed by atoms with Crippen LogP contribution in [0.2, 0.25) is 0 Å². The van der Waals surface area contributed by atoms with Gasteiger partial charge in [0.05, 0.1) is 29.4 Å². The molecule has 9 heteroatoms. The van der Waals surface area contributed by atoms with Gasteiger partial charge in [-0.05, 0) is 41.5 Å². The SMILES string of the molecule is O=C(Nc1ccc(-c2ccccc2)cc1C(=O)O)c1cccc(S(=O)(=O)N2CCOCC2)c1. The average Bonchev–Trinajstić information content (AvgIpc) is 2.85. The van der Waals surface area contributed by atoms with Crippen molar-refractivity contribution in [2.75, 3.05) is 31.6 Å². The van der Waals surface area contributed by atoms with E-state index in [0.29, 0.717) is 18.8 Å². The van der Waals surface area contributed by atoms with Gasteiger partial charge in [0.15, 0.2) is 0 Å². The van der Waals surface area contributed by atoms with Crippen LogP contribution >= 0.6 is 0 Å². The third-order valence-corrected chi connectivity index (χ3v) is 7.20. The summed E-state index contributed by atoms with van der Waals surface area (Å²) in [7, 11) is -3.77. The van der Waals surface area contributed by atoms with E-state index in [1.807, 2.05) is 30.3 Å². The molecule has 1 fully saturated rings. The maximum Gasteiger partial charge on any atom is 0.337 e. The number of nitrogens with zero attached hydrogens (tertiary/aromatic N) is 1. The van der Waals surface area contributed by atoms with Gasteiger partial charge in [0, 0.05) is 18.7 Å². The number of anilines is 1. The molecule has 0 spiro atoms. The molecule has 33 heavy (non-hydrogen) atoms. The average molecular weight is 467 g/mol. The summed E-state index contributed by atoms with van der Waals surface area (Å²) in [6.45, 7) is 1.12. The summed E-state index contributed by atoms with van der Waals surface area (Å²) in [6.07, 6.45) is 0. The van der Waals surface area contributed by atoms with Crippen molar-refractivity contribution in [1.82, 2.24) is 4.31 Å². The van der Waals surface area contributed by atoms with E-state index in [1.54, 1.807) is 6.07 Å². The second-order valence-electron chi connectivity index (χ2n) is 7.43. The molecule has 1 aliphatic rings. The Bertz CT molecular complexity index is 1290. The molecule has 0 bridgehead atoms. The third kappa shape index (κ3) is 4.95.